The van der Waals surface area contributed by atoms with Gasteiger partial charge in [0, 0.05) is 12.1 Å². The van der Waals surface area contributed by atoms with Crippen molar-refractivity contribution in [3.63, 3.8) is 0 Å². The van der Waals surface area contributed by atoms with Gasteiger partial charge < -0.3 is 10.6 Å². The van der Waals surface area contributed by atoms with Crippen molar-refractivity contribution in [2.75, 3.05) is 10.6 Å². The molecular formula is C13H15N5O2. The minimum absolute atomic E-state index is 0.0316. The van der Waals surface area contributed by atoms with Crippen molar-refractivity contribution in [2.24, 2.45) is 0 Å². The molecule has 0 bridgehead atoms. The number of anilines is 2. The SMILES string of the molecule is CCC(=O)Nc1cn(CC(=O)Nc2ccccc2)nn1. The summed E-state index contributed by atoms with van der Waals surface area (Å²) in [7, 11) is 0. The number of nitrogens with zero attached hydrogens (tertiary/aromatic N) is 3. The van der Waals surface area contributed by atoms with Crippen LogP contribution in [0.4, 0.5) is 11.5 Å². The zero-order chi connectivity index (χ0) is 14.4. The maximum Gasteiger partial charge on any atom is 0.246 e. The van der Waals surface area contributed by atoms with Gasteiger partial charge in [-0.2, -0.15) is 0 Å². The van der Waals surface area contributed by atoms with Gasteiger partial charge in [0.25, 0.3) is 0 Å². The number of rotatable bonds is 5. The molecule has 2 aromatic rings. The minimum Gasteiger partial charge on any atom is -0.324 e. The van der Waals surface area contributed by atoms with Gasteiger partial charge in [-0.3, -0.25) is 9.59 Å². The summed E-state index contributed by atoms with van der Waals surface area (Å²) in [5.41, 5.74) is 0.720. The highest BCUT2D eigenvalue weighted by Crippen LogP contribution is 2.05. The number of para-hydroxylation sites is 1. The average Bonchev–Trinajstić information content (AvgIpc) is 2.86. The Morgan fingerprint density at radius 3 is 2.60 bits per heavy atom. The van der Waals surface area contributed by atoms with Crippen molar-refractivity contribution in [2.45, 2.75) is 19.9 Å². The van der Waals surface area contributed by atoms with Crippen LogP contribution >= 0.6 is 0 Å². The Bertz CT molecular complexity index is 594. The molecule has 7 heteroatoms. The van der Waals surface area contributed by atoms with E-state index in [1.807, 2.05) is 18.2 Å². The molecule has 104 valence electrons. The van der Waals surface area contributed by atoms with Gasteiger partial charge >= 0.3 is 0 Å². The number of carbonyl (C=O) groups is 2. The molecule has 2 N–H and O–H groups in total. The number of hydrogen-bond donors (Lipinski definition) is 2. The summed E-state index contributed by atoms with van der Waals surface area (Å²) in [5.74, 6) is -0.0235. The number of carbonyl (C=O) groups excluding carboxylic acids is 2. The van der Waals surface area contributed by atoms with Crippen molar-refractivity contribution in [1.82, 2.24) is 15.0 Å². The summed E-state index contributed by atoms with van der Waals surface area (Å²) in [6.07, 6.45) is 1.87. The fourth-order valence-electron chi connectivity index (χ4n) is 1.53. The topological polar surface area (TPSA) is 88.9 Å². The molecule has 0 unspecified atom stereocenters. The lowest BCUT2D eigenvalue weighted by Crippen LogP contribution is -2.19. The first-order chi connectivity index (χ1) is 9.67. The van der Waals surface area contributed by atoms with Gasteiger partial charge in [0.2, 0.25) is 11.8 Å². The molecule has 2 amide bonds. The van der Waals surface area contributed by atoms with Crippen LogP contribution < -0.4 is 10.6 Å². The molecule has 1 heterocycles. The van der Waals surface area contributed by atoms with Gasteiger partial charge in [-0.25, -0.2) is 4.68 Å². The first kappa shape index (κ1) is 13.7. The second-order valence-corrected chi connectivity index (χ2v) is 4.12. The van der Waals surface area contributed by atoms with E-state index in [0.717, 1.165) is 5.69 Å². The zero-order valence-corrected chi connectivity index (χ0v) is 11.0. The van der Waals surface area contributed by atoms with Crippen LogP contribution in [0, 0.1) is 0 Å². The van der Waals surface area contributed by atoms with E-state index < -0.39 is 0 Å². The Morgan fingerprint density at radius 1 is 1.15 bits per heavy atom. The molecule has 1 aromatic carbocycles. The van der Waals surface area contributed by atoms with Gasteiger partial charge in [0.1, 0.15) is 6.54 Å². The number of amides is 2. The summed E-state index contributed by atoms with van der Waals surface area (Å²) in [6.45, 7) is 1.77. The molecule has 1 aromatic heterocycles. The molecule has 2 rings (SSSR count). The summed E-state index contributed by atoms with van der Waals surface area (Å²) in [5, 5.41) is 12.8. The highest BCUT2D eigenvalue weighted by Gasteiger charge is 2.07. The molecule has 0 saturated heterocycles. The van der Waals surface area contributed by atoms with Crippen LogP contribution in [0.5, 0.6) is 0 Å². The quantitative estimate of drug-likeness (QED) is 0.858. The number of nitrogens with one attached hydrogen (secondary N) is 2. The van der Waals surface area contributed by atoms with Crippen molar-refractivity contribution < 1.29 is 9.59 Å². The maximum absolute atomic E-state index is 11.8. The van der Waals surface area contributed by atoms with E-state index in [4.69, 9.17) is 0 Å². The third-order valence-electron chi connectivity index (χ3n) is 2.49. The summed E-state index contributed by atoms with van der Waals surface area (Å²) < 4.78 is 1.36. The van der Waals surface area contributed by atoms with Crippen LogP contribution in [0.15, 0.2) is 36.5 Å². The van der Waals surface area contributed by atoms with Crippen molar-refractivity contribution in [1.29, 1.82) is 0 Å². The van der Waals surface area contributed by atoms with E-state index in [9.17, 15) is 9.59 Å². The van der Waals surface area contributed by atoms with E-state index in [2.05, 4.69) is 20.9 Å². The third kappa shape index (κ3) is 3.91. The molecular weight excluding hydrogens is 258 g/mol. The molecule has 7 nitrogen and oxygen atoms in total. The highest BCUT2D eigenvalue weighted by molar-refractivity contribution is 5.91. The lowest BCUT2D eigenvalue weighted by atomic mass is 10.3. The summed E-state index contributed by atoms with van der Waals surface area (Å²) in [6, 6.07) is 9.14. The Labute approximate surface area is 116 Å². The van der Waals surface area contributed by atoms with Crippen LogP contribution in [0.3, 0.4) is 0 Å². The lowest BCUT2D eigenvalue weighted by Gasteiger charge is -2.04. The van der Waals surface area contributed by atoms with Crippen LogP contribution in [-0.4, -0.2) is 26.8 Å². The van der Waals surface area contributed by atoms with Crippen LogP contribution in [-0.2, 0) is 16.1 Å². The van der Waals surface area contributed by atoms with E-state index in [1.165, 1.54) is 10.9 Å². The number of aromatic nitrogens is 3. The van der Waals surface area contributed by atoms with Gasteiger partial charge in [-0.05, 0) is 12.1 Å². The standard InChI is InChI=1S/C13H15N5O2/c1-2-12(19)15-11-8-18(17-16-11)9-13(20)14-10-6-4-3-5-7-10/h3-8H,2,9H2,1H3,(H,14,20)(H,15,19). The van der Waals surface area contributed by atoms with Crippen LogP contribution in [0.25, 0.3) is 0 Å². The van der Waals surface area contributed by atoms with Crippen molar-refractivity contribution in [3.8, 4) is 0 Å². The van der Waals surface area contributed by atoms with Gasteiger partial charge in [-0.15, -0.1) is 5.10 Å². The highest BCUT2D eigenvalue weighted by atomic mass is 16.2. The van der Waals surface area contributed by atoms with Crippen molar-refractivity contribution in [3.05, 3.63) is 36.5 Å². The first-order valence-corrected chi connectivity index (χ1v) is 6.22. The van der Waals surface area contributed by atoms with Crippen molar-refractivity contribution >= 4 is 23.3 Å². The number of hydrogen-bond acceptors (Lipinski definition) is 4. The maximum atomic E-state index is 11.8. The van der Waals surface area contributed by atoms with Crippen LogP contribution in [0.2, 0.25) is 0 Å². The molecule has 0 fully saturated rings. The van der Waals surface area contributed by atoms with E-state index in [-0.39, 0.29) is 18.4 Å². The number of benzene rings is 1. The molecule has 0 aliphatic carbocycles. The van der Waals surface area contributed by atoms with Gasteiger partial charge in [0.15, 0.2) is 5.82 Å². The molecule has 0 spiro atoms. The third-order valence-corrected chi connectivity index (χ3v) is 2.49. The van der Waals surface area contributed by atoms with E-state index >= 15 is 0 Å². The van der Waals surface area contributed by atoms with Crippen LogP contribution in [0.1, 0.15) is 13.3 Å². The molecule has 0 saturated carbocycles. The van der Waals surface area contributed by atoms with Gasteiger partial charge in [0.05, 0.1) is 6.20 Å². The Morgan fingerprint density at radius 2 is 1.90 bits per heavy atom. The monoisotopic (exact) mass is 273 g/mol. The predicted molar refractivity (Wildman–Crippen MR) is 74.0 cm³/mol. The minimum atomic E-state index is -0.213. The Hall–Kier alpha value is -2.70. The predicted octanol–water partition coefficient (Wildman–Crippen LogP) is 1.27. The fraction of sp³-hybridized carbons (Fsp3) is 0.231. The molecule has 0 radical (unpaired) electrons. The summed E-state index contributed by atoms with van der Waals surface area (Å²) >= 11 is 0. The first-order valence-electron chi connectivity index (χ1n) is 6.22. The molecule has 20 heavy (non-hydrogen) atoms. The Balaban J connectivity index is 1.90. The Kier molecular flexibility index (Phi) is 4.43. The largest absolute Gasteiger partial charge is 0.324 e. The smallest absolute Gasteiger partial charge is 0.246 e. The normalized spacial score (nSPS) is 10.1. The second-order valence-electron chi connectivity index (χ2n) is 4.12. The average molecular weight is 273 g/mol. The van der Waals surface area contributed by atoms with E-state index in [0.29, 0.717) is 12.2 Å². The molecule has 0 atom stereocenters. The summed E-state index contributed by atoms with van der Waals surface area (Å²) in [4.78, 5) is 23.0. The molecule has 0 aliphatic heterocycles. The fourth-order valence-corrected chi connectivity index (χ4v) is 1.53. The molecule has 0 aliphatic rings. The second kappa shape index (κ2) is 6.46. The van der Waals surface area contributed by atoms with Gasteiger partial charge in [-0.1, -0.05) is 30.3 Å². The van der Waals surface area contributed by atoms with E-state index in [1.54, 1.807) is 19.1 Å². The lowest BCUT2D eigenvalue weighted by molar-refractivity contribution is -0.117. The zero-order valence-electron chi connectivity index (χ0n) is 11.0.